The molecule has 1 aromatic carbocycles. The van der Waals surface area contributed by atoms with Crippen molar-refractivity contribution in [2.45, 2.75) is 52.9 Å². The maximum absolute atomic E-state index is 2.33. The van der Waals surface area contributed by atoms with Crippen LogP contribution in [0.1, 0.15) is 57.2 Å². The Hall–Kier alpha value is -1.63. The summed E-state index contributed by atoms with van der Waals surface area (Å²) in [6, 6.07) is 11.3. The van der Waals surface area contributed by atoms with E-state index in [2.05, 4.69) is 89.7 Å². The summed E-state index contributed by atoms with van der Waals surface area (Å²) in [5.74, 6) is 0.564. The second-order valence-corrected chi connectivity index (χ2v) is 7.39. The first-order valence-electron chi connectivity index (χ1n) is 7.81. The molecule has 0 aliphatic heterocycles. The Kier molecular flexibility index (Phi) is 4.22. The van der Waals surface area contributed by atoms with Crippen molar-refractivity contribution in [3.05, 3.63) is 53.2 Å². The van der Waals surface area contributed by atoms with E-state index in [1.165, 1.54) is 27.9 Å². The monoisotopic (exact) mass is 282 g/mol. The molecular formula is C20H28N+. The Morgan fingerprint density at radius 3 is 2.14 bits per heavy atom. The molecule has 0 unspecified atom stereocenters. The van der Waals surface area contributed by atoms with Crippen LogP contribution >= 0.6 is 0 Å². The van der Waals surface area contributed by atoms with Crippen LogP contribution in [-0.2, 0) is 12.5 Å². The van der Waals surface area contributed by atoms with Crippen molar-refractivity contribution in [1.82, 2.24) is 0 Å². The molecule has 0 atom stereocenters. The zero-order chi connectivity index (χ0) is 15.8. The summed E-state index contributed by atoms with van der Waals surface area (Å²) in [5, 5.41) is 0. The lowest BCUT2D eigenvalue weighted by molar-refractivity contribution is -0.660. The van der Waals surface area contributed by atoms with Crippen LogP contribution in [0.3, 0.4) is 0 Å². The summed E-state index contributed by atoms with van der Waals surface area (Å²) >= 11 is 0. The van der Waals surface area contributed by atoms with Crippen molar-refractivity contribution in [3.63, 3.8) is 0 Å². The summed E-state index contributed by atoms with van der Waals surface area (Å²) < 4.78 is 2.24. The zero-order valence-corrected chi connectivity index (χ0v) is 14.5. The van der Waals surface area contributed by atoms with Crippen molar-refractivity contribution < 1.29 is 4.57 Å². The summed E-state index contributed by atoms with van der Waals surface area (Å²) in [6.07, 6.45) is 2.25. The fourth-order valence-electron chi connectivity index (χ4n) is 2.67. The van der Waals surface area contributed by atoms with Crippen molar-refractivity contribution >= 4 is 0 Å². The number of nitrogens with zero attached hydrogens (tertiary/aromatic N) is 1. The van der Waals surface area contributed by atoms with Gasteiger partial charge in [-0.2, -0.15) is 0 Å². The topological polar surface area (TPSA) is 3.88 Å². The molecule has 112 valence electrons. The highest BCUT2D eigenvalue weighted by atomic mass is 14.9. The first-order chi connectivity index (χ1) is 9.70. The second-order valence-electron chi connectivity index (χ2n) is 7.39. The smallest absolute Gasteiger partial charge is 0.201 e. The van der Waals surface area contributed by atoms with Crippen LogP contribution in [0.25, 0.3) is 11.3 Å². The predicted molar refractivity (Wildman–Crippen MR) is 90.6 cm³/mol. The first kappa shape index (κ1) is 15.8. The van der Waals surface area contributed by atoms with Gasteiger partial charge in [-0.3, -0.25) is 0 Å². The van der Waals surface area contributed by atoms with E-state index < -0.39 is 0 Å². The molecule has 1 heterocycles. The highest BCUT2D eigenvalue weighted by molar-refractivity contribution is 5.62. The molecule has 0 radical (unpaired) electrons. The van der Waals surface area contributed by atoms with Crippen LogP contribution in [0, 0.1) is 6.92 Å². The number of rotatable bonds is 2. The van der Waals surface area contributed by atoms with Crippen LogP contribution in [0.4, 0.5) is 0 Å². The predicted octanol–water partition coefficient (Wildman–Crippen LogP) is 4.91. The SMILES string of the molecule is Cc1cc(C(C)(C)C)ccc1-c1ccc(C(C)C)c[n+]1C. The third kappa shape index (κ3) is 3.34. The maximum atomic E-state index is 2.33. The Morgan fingerprint density at radius 1 is 1.00 bits per heavy atom. The van der Waals surface area contributed by atoms with Crippen LogP contribution in [0.15, 0.2) is 36.5 Å². The molecule has 0 aliphatic rings. The van der Waals surface area contributed by atoms with Crippen molar-refractivity contribution in [2.75, 3.05) is 0 Å². The van der Waals surface area contributed by atoms with Gasteiger partial charge in [-0.05, 0) is 41.5 Å². The molecular weight excluding hydrogens is 254 g/mol. The summed E-state index contributed by atoms with van der Waals surface area (Å²) in [5.41, 5.74) is 6.91. The average molecular weight is 282 g/mol. The van der Waals surface area contributed by atoms with Gasteiger partial charge in [0, 0.05) is 17.2 Å². The minimum atomic E-state index is 0.201. The molecule has 1 nitrogen and oxygen atoms in total. The molecule has 0 fully saturated rings. The third-order valence-electron chi connectivity index (χ3n) is 4.19. The molecule has 1 aromatic heterocycles. The van der Waals surface area contributed by atoms with Gasteiger partial charge >= 0.3 is 0 Å². The van der Waals surface area contributed by atoms with E-state index in [-0.39, 0.29) is 5.41 Å². The number of hydrogen-bond acceptors (Lipinski definition) is 0. The normalized spacial score (nSPS) is 12.0. The van der Waals surface area contributed by atoms with Gasteiger partial charge in [-0.25, -0.2) is 4.57 Å². The summed E-state index contributed by atoms with van der Waals surface area (Å²) in [7, 11) is 2.14. The fourth-order valence-corrected chi connectivity index (χ4v) is 2.67. The van der Waals surface area contributed by atoms with Crippen molar-refractivity contribution in [1.29, 1.82) is 0 Å². The van der Waals surface area contributed by atoms with E-state index in [0.29, 0.717) is 5.92 Å². The van der Waals surface area contributed by atoms with E-state index >= 15 is 0 Å². The lowest BCUT2D eigenvalue weighted by Gasteiger charge is -2.20. The third-order valence-corrected chi connectivity index (χ3v) is 4.19. The van der Waals surface area contributed by atoms with Crippen LogP contribution in [0.2, 0.25) is 0 Å². The van der Waals surface area contributed by atoms with Crippen LogP contribution < -0.4 is 4.57 Å². The molecule has 0 saturated heterocycles. The van der Waals surface area contributed by atoms with Gasteiger partial charge in [0.25, 0.3) is 0 Å². The van der Waals surface area contributed by atoms with Gasteiger partial charge in [-0.1, -0.05) is 46.8 Å². The van der Waals surface area contributed by atoms with Crippen molar-refractivity contribution in [2.24, 2.45) is 7.05 Å². The molecule has 0 spiro atoms. The molecule has 0 aliphatic carbocycles. The van der Waals surface area contributed by atoms with Gasteiger partial charge < -0.3 is 0 Å². The largest absolute Gasteiger partial charge is 0.212 e. The average Bonchev–Trinajstić information content (AvgIpc) is 2.38. The maximum Gasteiger partial charge on any atom is 0.212 e. The Balaban J connectivity index is 2.48. The van der Waals surface area contributed by atoms with Gasteiger partial charge in [0.2, 0.25) is 5.69 Å². The van der Waals surface area contributed by atoms with Gasteiger partial charge in [0.1, 0.15) is 7.05 Å². The van der Waals surface area contributed by atoms with E-state index in [9.17, 15) is 0 Å². The molecule has 2 aromatic rings. The molecule has 2 rings (SSSR count). The Morgan fingerprint density at radius 2 is 1.67 bits per heavy atom. The number of pyridine rings is 1. The molecule has 0 amide bonds. The molecule has 0 saturated carbocycles. The summed E-state index contributed by atoms with van der Waals surface area (Å²) in [6.45, 7) is 13.5. The number of benzene rings is 1. The number of hydrogen-bond donors (Lipinski definition) is 0. The highest BCUT2D eigenvalue weighted by Crippen LogP contribution is 2.28. The minimum absolute atomic E-state index is 0.201. The number of aryl methyl sites for hydroxylation is 2. The Bertz CT molecular complexity index is 645. The standard InChI is InChI=1S/C20H28N/c1-14(2)16-8-11-19(21(7)13-16)18-10-9-17(12-15(18)3)20(4,5)6/h8-14H,1-7H3/q+1. The van der Waals surface area contributed by atoms with Gasteiger partial charge in [-0.15, -0.1) is 0 Å². The zero-order valence-electron chi connectivity index (χ0n) is 14.5. The quantitative estimate of drug-likeness (QED) is 0.689. The van der Waals surface area contributed by atoms with Crippen molar-refractivity contribution in [3.8, 4) is 11.3 Å². The fraction of sp³-hybridized carbons (Fsp3) is 0.450. The second kappa shape index (κ2) is 5.63. The van der Waals surface area contributed by atoms with Crippen LogP contribution in [0.5, 0.6) is 0 Å². The van der Waals surface area contributed by atoms with E-state index in [4.69, 9.17) is 0 Å². The molecule has 0 bridgehead atoms. The van der Waals surface area contributed by atoms with E-state index in [1.54, 1.807) is 0 Å². The summed E-state index contributed by atoms with van der Waals surface area (Å²) in [4.78, 5) is 0. The Labute approximate surface area is 129 Å². The highest BCUT2D eigenvalue weighted by Gasteiger charge is 2.18. The van der Waals surface area contributed by atoms with Gasteiger partial charge in [0.05, 0.1) is 0 Å². The van der Waals surface area contributed by atoms with Crippen LogP contribution in [-0.4, -0.2) is 0 Å². The number of aromatic nitrogens is 1. The minimum Gasteiger partial charge on any atom is -0.201 e. The first-order valence-corrected chi connectivity index (χ1v) is 7.81. The lowest BCUT2D eigenvalue weighted by atomic mass is 9.85. The lowest BCUT2D eigenvalue weighted by Crippen LogP contribution is -2.31. The molecule has 0 N–H and O–H groups in total. The van der Waals surface area contributed by atoms with E-state index in [0.717, 1.165) is 0 Å². The van der Waals surface area contributed by atoms with E-state index in [1.807, 2.05) is 0 Å². The molecule has 1 heteroatoms. The van der Waals surface area contributed by atoms with Gasteiger partial charge in [0.15, 0.2) is 6.20 Å². The molecule has 21 heavy (non-hydrogen) atoms.